The van der Waals surface area contributed by atoms with Crippen molar-refractivity contribution in [1.29, 1.82) is 0 Å². The summed E-state index contributed by atoms with van der Waals surface area (Å²) >= 11 is 7.07. The number of carbonyl (C=O) groups is 3. The SMILES string of the molecule is CC(=O)Nc1ccc(SCC(=O)NNC(=O)c2ccc(Cl)cc2)cc1. The normalized spacial score (nSPS) is 10.0. The lowest BCUT2D eigenvalue weighted by molar-refractivity contribution is -0.119. The second-order valence-electron chi connectivity index (χ2n) is 5.00. The standard InChI is InChI=1S/C17H16ClN3O3S/c1-11(22)19-14-6-8-15(9-7-14)25-10-16(23)20-21-17(24)12-2-4-13(18)5-3-12/h2-9H,10H2,1H3,(H,19,22)(H,20,23)(H,21,24). The number of thioether (sulfide) groups is 1. The average molecular weight is 378 g/mol. The van der Waals surface area contributed by atoms with Gasteiger partial charge in [0, 0.05) is 28.1 Å². The summed E-state index contributed by atoms with van der Waals surface area (Å²) < 4.78 is 0. The van der Waals surface area contributed by atoms with Crippen LogP contribution in [-0.4, -0.2) is 23.5 Å². The Morgan fingerprint density at radius 3 is 2.20 bits per heavy atom. The number of hydrazine groups is 1. The molecule has 0 aliphatic heterocycles. The molecule has 3 amide bonds. The molecule has 0 unspecified atom stereocenters. The van der Waals surface area contributed by atoms with E-state index in [4.69, 9.17) is 11.6 Å². The minimum Gasteiger partial charge on any atom is -0.326 e. The summed E-state index contributed by atoms with van der Waals surface area (Å²) in [5.41, 5.74) is 5.78. The Bertz CT molecular complexity index is 764. The van der Waals surface area contributed by atoms with Crippen LogP contribution >= 0.6 is 23.4 Å². The molecule has 2 aromatic carbocycles. The molecule has 0 saturated heterocycles. The van der Waals surface area contributed by atoms with Gasteiger partial charge in [-0.3, -0.25) is 25.2 Å². The van der Waals surface area contributed by atoms with E-state index in [-0.39, 0.29) is 17.6 Å². The summed E-state index contributed by atoms with van der Waals surface area (Å²) in [7, 11) is 0. The van der Waals surface area contributed by atoms with Crippen LogP contribution in [0.5, 0.6) is 0 Å². The molecule has 0 aromatic heterocycles. The molecule has 8 heteroatoms. The minimum absolute atomic E-state index is 0.139. The highest BCUT2D eigenvalue weighted by Gasteiger charge is 2.08. The van der Waals surface area contributed by atoms with Gasteiger partial charge in [0.15, 0.2) is 0 Å². The van der Waals surface area contributed by atoms with Crippen molar-refractivity contribution in [2.24, 2.45) is 0 Å². The zero-order valence-electron chi connectivity index (χ0n) is 13.3. The molecule has 0 saturated carbocycles. The van der Waals surface area contributed by atoms with Gasteiger partial charge in [-0.15, -0.1) is 11.8 Å². The number of nitrogens with one attached hydrogen (secondary N) is 3. The molecule has 25 heavy (non-hydrogen) atoms. The van der Waals surface area contributed by atoms with Crippen LogP contribution in [0.3, 0.4) is 0 Å². The van der Waals surface area contributed by atoms with E-state index in [1.807, 2.05) is 0 Å². The third-order valence-electron chi connectivity index (χ3n) is 2.97. The van der Waals surface area contributed by atoms with Crippen LogP contribution in [0.25, 0.3) is 0 Å². The first-order valence-corrected chi connectivity index (χ1v) is 8.65. The van der Waals surface area contributed by atoms with Crippen molar-refractivity contribution < 1.29 is 14.4 Å². The summed E-state index contributed by atoms with van der Waals surface area (Å²) in [5.74, 6) is -0.760. The Morgan fingerprint density at radius 2 is 1.60 bits per heavy atom. The van der Waals surface area contributed by atoms with Gasteiger partial charge in [0.1, 0.15) is 0 Å². The molecular formula is C17H16ClN3O3S. The van der Waals surface area contributed by atoms with Gasteiger partial charge in [0.05, 0.1) is 5.75 Å². The van der Waals surface area contributed by atoms with Crippen LogP contribution in [-0.2, 0) is 9.59 Å². The van der Waals surface area contributed by atoms with Crippen LogP contribution in [0.1, 0.15) is 17.3 Å². The fourth-order valence-electron chi connectivity index (χ4n) is 1.82. The largest absolute Gasteiger partial charge is 0.326 e. The van der Waals surface area contributed by atoms with Gasteiger partial charge in [0.25, 0.3) is 5.91 Å². The highest BCUT2D eigenvalue weighted by molar-refractivity contribution is 8.00. The predicted octanol–water partition coefficient (Wildman–Crippen LogP) is 2.85. The maximum atomic E-state index is 11.9. The van der Waals surface area contributed by atoms with Gasteiger partial charge < -0.3 is 5.32 Å². The maximum Gasteiger partial charge on any atom is 0.269 e. The van der Waals surface area contributed by atoms with Crippen molar-refractivity contribution in [3.8, 4) is 0 Å². The third-order valence-corrected chi connectivity index (χ3v) is 4.23. The Hall–Kier alpha value is -2.51. The second-order valence-corrected chi connectivity index (χ2v) is 6.49. The van der Waals surface area contributed by atoms with E-state index in [0.29, 0.717) is 16.3 Å². The molecule has 0 fully saturated rings. The summed E-state index contributed by atoms with van der Waals surface area (Å²) in [6.45, 7) is 1.44. The first kappa shape index (κ1) is 18.8. The van der Waals surface area contributed by atoms with Gasteiger partial charge in [-0.1, -0.05) is 11.6 Å². The van der Waals surface area contributed by atoms with Crippen LogP contribution in [0.15, 0.2) is 53.4 Å². The Morgan fingerprint density at radius 1 is 0.960 bits per heavy atom. The molecule has 130 valence electrons. The van der Waals surface area contributed by atoms with E-state index in [1.165, 1.54) is 18.7 Å². The summed E-state index contributed by atoms with van der Waals surface area (Å²) in [6.07, 6.45) is 0. The van der Waals surface area contributed by atoms with Crippen molar-refractivity contribution in [3.63, 3.8) is 0 Å². The molecule has 0 spiro atoms. The van der Waals surface area contributed by atoms with Gasteiger partial charge in [-0.25, -0.2) is 0 Å². The molecule has 2 aromatic rings. The Balaban J connectivity index is 1.75. The van der Waals surface area contributed by atoms with E-state index >= 15 is 0 Å². The Kier molecular flexibility index (Phi) is 6.85. The number of hydrogen-bond donors (Lipinski definition) is 3. The molecule has 0 aliphatic rings. The summed E-state index contributed by atoms with van der Waals surface area (Å²) in [4.78, 5) is 35.5. The maximum absolute atomic E-state index is 11.9. The quantitative estimate of drug-likeness (QED) is 0.552. The summed E-state index contributed by atoms with van der Waals surface area (Å²) in [5, 5.41) is 3.19. The lowest BCUT2D eigenvalue weighted by Gasteiger charge is -2.08. The Labute approximate surface area is 154 Å². The fourth-order valence-corrected chi connectivity index (χ4v) is 2.65. The van der Waals surface area contributed by atoms with Crippen molar-refractivity contribution in [3.05, 3.63) is 59.1 Å². The van der Waals surface area contributed by atoms with Crippen molar-refractivity contribution in [2.45, 2.75) is 11.8 Å². The lowest BCUT2D eigenvalue weighted by Crippen LogP contribution is -2.42. The fraction of sp³-hybridized carbons (Fsp3) is 0.118. The zero-order chi connectivity index (χ0) is 18.2. The number of amides is 3. The van der Waals surface area contributed by atoms with Crippen LogP contribution in [0, 0.1) is 0 Å². The molecule has 0 radical (unpaired) electrons. The molecule has 3 N–H and O–H groups in total. The van der Waals surface area contributed by atoms with Gasteiger partial charge >= 0.3 is 0 Å². The van der Waals surface area contributed by atoms with E-state index in [1.54, 1.807) is 48.5 Å². The van der Waals surface area contributed by atoms with Crippen LogP contribution in [0.4, 0.5) is 5.69 Å². The minimum atomic E-state index is -0.422. The van der Waals surface area contributed by atoms with Gasteiger partial charge in [0.2, 0.25) is 11.8 Å². The average Bonchev–Trinajstić information content (AvgIpc) is 2.59. The van der Waals surface area contributed by atoms with Gasteiger partial charge in [-0.05, 0) is 48.5 Å². The number of hydrogen-bond acceptors (Lipinski definition) is 4. The highest BCUT2D eigenvalue weighted by atomic mass is 35.5. The van der Waals surface area contributed by atoms with Crippen molar-refractivity contribution >= 4 is 46.8 Å². The molecule has 6 nitrogen and oxygen atoms in total. The zero-order valence-corrected chi connectivity index (χ0v) is 14.9. The third kappa shape index (κ3) is 6.48. The first-order valence-electron chi connectivity index (χ1n) is 7.29. The smallest absolute Gasteiger partial charge is 0.269 e. The lowest BCUT2D eigenvalue weighted by atomic mass is 10.2. The molecular weight excluding hydrogens is 362 g/mol. The molecule has 0 bridgehead atoms. The summed E-state index contributed by atoms with van der Waals surface area (Å²) in [6, 6.07) is 13.4. The van der Waals surface area contributed by atoms with Crippen LogP contribution in [0.2, 0.25) is 5.02 Å². The topological polar surface area (TPSA) is 87.3 Å². The monoisotopic (exact) mass is 377 g/mol. The first-order chi connectivity index (χ1) is 11.9. The molecule has 0 atom stereocenters. The molecule has 2 rings (SSSR count). The van der Waals surface area contributed by atoms with Gasteiger partial charge in [-0.2, -0.15) is 0 Å². The second kappa shape index (κ2) is 9.10. The van der Waals surface area contributed by atoms with Crippen molar-refractivity contribution in [2.75, 3.05) is 11.1 Å². The van der Waals surface area contributed by atoms with Crippen LogP contribution < -0.4 is 16.2 Å². The number of anilines is 1. The number of carbonyl (C=O) groups excluding carboxylic acids is 3. The molecule has 0 aliphatic carbocycles. The molecule has 0 heterocycles. The number of benzene rings is 2. The highest BCUT2D eigenvalue weighted by Crippen LogP contribution is 2.20. The van der Waals surface area contributed by atoms with Crippen molar-refractivity contribution in [1.82, 2.24) is 10.9 Å². The van der Waals surface area contributed by atoms with E-state index in [9.17, 15) is 14.4 Å². The van der Waals surface area contributed by atoms with E-state index < -0.39 is 5.91 Å². The van der Waals surface area contributed by atoms with E-state index in [2.05, 4.69) is 16.2 Å². The van der Waals surface area contributed by atoms with E-state index in [0.717, 1.165) is 4.90 Å². The number of halogens is 1. The number of rotatable bonds is 5. The predicted molar refractivity (Wildman–Crippen MR) is 98.5 cm³/mol.